The van der Waals surface area contributed by atoms with E-state index in [-0.39, 0.29) is 11.4 Å². The molecule has 0 aliphatic carbocycles. The van der Waals surface area contributed by atoms with E-state index in [4.69, 9.17) is 0 Å². The lowest BCUT2D eigenvalue weighted by atomic mass is 10.0. The molecule has 0 atom stereocenters. The Morgan fingerprint density at radius 3 is 2.44 bits per heavy atom. The van der Waals surface area contributed by atoms with Crippen molar-refractivity contribution in [2.75, 3.05) is 0 Å². The zero-order valence-corrected chi connectivity index (χ0v) is 8.74. The summed E-state index contributed by atoms with van der Waals surface area (Å²) in [5.41, 5.74) is 0.235. The quantitative estimate of drug-likeness (QED) is 0.589. The van der Waals surface area contributed by atoms with Gasteiger partial charge in [0.05, 0.1) is 11.0 Å². The van der Waals surface area contributed by atoms with Gasteiger partial charge in [0.25, 0.3) is 5.69 Å². The van der Waals surface area contributed by atoms with Gasteiger partial charge in [-0.3, -0.25) is 10.1 Å². The van der Waals surface area contributed by atoms with Crippen molar-refractivity contribution in [3.05, 3.63) is 39.8 Å². The molecule has 0 heterocycles. The summed E-state index contributed by atoms with van der Waals surface area (Å²) in [7, 11) is 0. The minimum atomic E-state index is -2.99. The maximum absolute atomic E-state index is 12.0. The molecule has 0 saturated heterocycles. The Morgan fingerprint density at radius 1 is 1.38 bits per heavy atom. The Bertz CT molecular complexity index is 394. The minimum absolute atomic E-state index is 0.208. The van der Waals surface area contributed by atoms with Crippen LogP contribution in [0.2, 0.25) is 0 Å². The van der Waals surface area contributed by atoms with Gasteiger partial charge >= 0.3 is 6.61 Å². The predicted molar refractivity (Wildman–Crippen MR) is 53.4 cm³/mol. The van der Waals surface area contributed by atoms with Gasteiger partial charge in [-0.15, -0.1) is 0 Å². The molecule has 0 unspecified atom stereocenters. The molecule has 1 rings (SSSR count). The minimum Gasteiger partial charge on any atom is -0.435 e. The van der Waals surface area contributed by atoms with Crippen LogP contribution in [0.3, 0.4) is 0 Å². The van der Waals surface area contributed by atoms with E-state index in [1.165, 1.54) is 12.1 Å². The van der Waals surface area contributed by atoms with E-state index < -0.39 is 11.5 Å². The molecule has 16 heavy (non-hydrogen) atoms. The average Bonchev–Trinajstić information content (AvgIpc) is 2.15. The number of nitrogens with zero attached hydrogens (tertiary/aromatic N) is 1. The van der Waals surface area contributed by atoms with Crippen molar-refractivity contribution in [3.63, 3.8) is 0 Å². The SMILES string of the molecule is C[C](C)c1cc(OC(F)F)cc([N+](=O)[O-])c1. The molecule has 4 nitrogen and oxygen atoms in total. The summed E-state index contributed by atoms with van der Waals surface area (Å²) in [5, 5.41) is 10.6. The van der Waals surface area contributed by atoms with Crippen LogP contribution in [0.5, 0.6) is 5.75 Å². The van der Waals surface area contributed by atoms with Crippen LogP contribution < -0.4 is 4.74 Å². The van der Waals surface area contributed by atoms with Gasteiger partial charge in [-0.2, -0.15) is 8.78 Å². The van der Waals surface area contributed by atoms with Gasteiger partial charge in [0, 0.05) is 6.07 Å². The molecule has 0 spiro atoms. The molecule has 1 radical (unpaired) electrons. The third-order valence-electron chi connectivity index (χ3n) is 1.90. The molecule has 6 heteroatoms. The largest absolute Gasteiger partial charge is 0.435 e. The third kappa shape index (κ3) is 3.15. The van der Waals surface area contributed by atoms with Crippen LogP contribution in [-0.2, 0) is 0 Å². The van der Waals surface area contributed by atoms with Crippen molar-refractivity contribution in [2.24, 2.45) is 0 Å². The van der Waals surface area contributed by atoms with Gasteiger partial charge < -0.3 is 4.74 Å². The summed E-state index contributed by atoms with van der Waals surface area (Å²) in [4.78, 5) is 9.92. The van der Waals surface area contributed by atoms with Crippen molar-refractivity contribution in [1.29, 1.82) is 0 Å². The van der Waals surface area contributed by atoms with Crippen LogP contribution in [0.15, 0.2) is 18.2 Å². The number of rotatable bonds is 4. The van der Waals surface area contributed by atoms with Crippen LogP contribution in [-0.4, -0.2) is 11.5 Å². The molecule has 0 aliphatic rings. The first-order valence-corrected chi connectivity index (χ1v) is 4.45. The number of benzene rings is 1. The smallest absolute Gasteiger partial charge is 0.387 e. The van der Waals surface area contributed by atoms with E-state index in [0.717, 1.165) is 12.0 Å². The van der Waals surface area contributed by atoms with Gasteiger partial charge in [-0.25, -0.2) is 0 Å². The highest BCUT2D eigenvalue weighted by Gasteiger charge is 2.14. The number of nitro groups is 1. The Balaban J connectivity index is 3.13. The number of hydrogen-bond acceptors (Lipinski definition) is 3. The lowest BCUT2D eigenvalue weighted by Gasteiger charge is -2.09. The molecule has 0 fully saturated rings. The normalized spacial score (nSPS) is 10.9. The van der Waals surface area contributed by atoms with Gasteiger partial charge in [-0.1, -0.05) is 13.8 Å². The topological polar surface area (TPSA) is 52.4 Å². The second-order valence-electron chi connectivity index (χ2n) is 3.35. The van der Waals surface area contributed by atoms with Crippen LogP contribution in [0.4, 0.5) is 14.5 Å². The van der Waals surface area contributed by atoms with Gasteiger partial charge in [0.15, 0.2) is 0 Å². The van der Waals surface area contributed by atoms with E-state index in [1.54, 1.807) is 13.8 Å². The summed E-state index contributed by atoms with van der Waals surface area (Å²) in [5.74, 6) is 0.572. The molecule has 0 bridgehead atoms. The number of non-ortho nitro benzene ring substituents is 1. The van der Waals surface area contributed by atoms with Crippen molar-refractivity contribution < 1.29 is 18.4 Å². The molecule has 0 aliphatic heterocycles. The molecule has 0 aromatic heterocycles. The Hall–Kier alpha value is -1.72. The highest BCUT2D eigenvalue weighted by Crippen LogP contribution is 2.27. The second-order valence-corrected chi connectivity index (χ2v) is 3.35. The first-order chi connectivity index (χ1) is 7.40. The van der Waals surface area contributed by atoms with Gasteiger partial charge in [0.2, 0.25) is 0 Å². The predicted octanol–water partition coefficient (Wildman–Crippen LogP) is 3.16. The molecular formula is C10H10F2NO3. The fourth-order valence-corrected chi connectivity index (χ4v) is 1.15. The van der Waals surface area contributed by atoms with Crippen molar-refractivity contribution in [2.45, 2.75) is 20.5 Å². The summed E-state index contributed by atoms with van der Waals surface area (Å²) >= 11 is 0. The summed E-state index contributed by atoms with van der Waals surface area (Å²) in [6.45, 7) is 0.461. The van der Waals surface area contributed by atoms with E-state index in [2.05, 4.69) is 4.74 Å². The highest BCUT2D eigenvalue weighted by atomic mass is 19.3. The molecule has 0 saturated carbocycles. The first kappa shape index (κ1) is 12.4. The number of hydrogen-bond donors (Lipinski definition) is 0. The van der Waals surface area contributed by atoms with E-state index >= 15 is 0 Å². The van der Waals surface area contributed by atoms with E-state index in [1.807, 2.05) is 0 Å². The third-order valence-corrected chi connectivity index (χ3v) is 1.90. The highest BCUT2D eigenvalue weighted by molar-refractivity contribution is 5.46. The van der Waals surface area contributed by atoms with E-state index in [0.29, 0.717) is 5.56 Å². The molecule has 0 N–H and O–H groups in total. The zero-order valence-electron chi connectivity index (χ0n) is 8.74. The molecule has 1 aromatic carbocycles. The monoisotopic (exact) mass is 230 g/mol. The zero-order chi connectivity index (χ0) is 12.3. The van der Waals surface area contributed by atoms with Gasteiger partial charge in [0.1, 0.15) is 5.75 Å². The van der Waals surface area contributed by atoms with Crippen molar-refractivity contribution >= 4 is 5.69 Å². The summed E-state index contributed by atoms with van der Waals surface area (Å²) < 4.78 is 28.1. The number of alkyl halides is 2. The standard InChI is InChI=1S/C10H10F2NO3/c1-6(2)7-3-8(13(14)15)5-9(4-7)16-10(11)12/h3-5,10H,1-2H3. The molecule has 0 amide bonds. The lowest BCUT2D eigenvalue weighted by Crippen LogP contribution is -2.03. The Kier molecular flexibility index (Phi) is 3.76. The lowest BCUT2D eigenvalue weighted by molar-refractivity contribution is -0.385. The first-order valence-electron chi connectivity index (χ1n) is 4.45. The maximum Gasteiger partial charge on any atom is 0.387 e. The van der Waals surface area contributed by atoms with Crippen LogP contribution >= 0.6 is 0 Å². The van der Waals surface area contributed by atoms with Crippen LogP contribution in [0.1, 0.15) is 19.4 Å². The summed E-state index contributed by atoms with van der Waals surface area (Å²) in [6, 6.07) is 3.63. The number of ether oxygens (including phenoxy) is 1. The number of halogens is 2. The fraction of sp³-hybridized carbons (Fsp3) is 0.300. The fourth-order valence-electron chi connectivity index (χ4n) is 1.15. The molecule has 1 aromatic rings. The van der Waals surface area contributed by atoms with Crippen LogP contribution in [0.25, 0.3) is 0 Å². The van der Waals surface area contributed by atoms with Crippen molar-refractivity contribution in [3.8, 4) is 5.75 Å². The van der Waals surface area contributed by atoms with E-state index in [9.17, 15) is 18.9 Å². The Morgan fingerprint density at radius 2 is 2.00 bits per heavy atom. The second kappa shape index (κ2) is 4.87. The van der Waals surface area contributed by atoms with Crippen LogP contribution in [0, 0.1) is 16.0 Å². The molecular weight excluding hydrogens is 220 g/mol. The number of nitro benzene ring substituents is 1. The average molecular weight is 230 g/mol. The molecule has 87 valence electrons. The van der Waals surface area contributed by atoms with Gasteiger partial charge in [-0.05, 0) is 17.5 Å². The Labute approximate surface area is 91.0 Å². The maximum atomic E-state index is 12.0. The van der Waals surface area contributed by atoms with Crippen molar-refractivity contribution in [1.82, 2.24) is 0 Å². The summed E-state index contributed by atoms with van der Waals surface area (Å²) in [6.07, 6.45) is 0.